The summed E-state index contributed by atoms with van der Waals surface area (Å²) >= 11 is 0. The molecule has 0 saturated heterocycles. The van der Waals surface area contributed by atoms with Gasteiger partial charge < -0.3 is 4.74 Å². The van der Waals surface area contributed by atoms with Gasteiger partial charge in [-0.05, 0) is 36.1 Å². The molecule has 0 heterocycles. The van der Waals surface area contributed by atoms with Crippen LogP contribution in [0.1, 0.15) is 51.2 Å². The smallest absolute Gasteiger partial charge is 0.309 e. The summed E-state index contributed by atoms with van der Waals surface area (Å²) in [5.74, 6) is -0.723. The fourth-order valence-electron chi connectivity index (χ4n) is 3.07. The minimum Gasteiger partial charge on any atom is -0.466 e. The SMILES string of the molecule is CCOC(=O)[C@@H](CC(=O)[C@@H](C)c1ccc2cc(C)ccc2c1)C(C)C. The lowest BCUT2D eigenvalue weighted by Gasteiger charge is -2.20. The number of carbonyl (C=O) groups is 2. The Balaban J connectivity index is 2.18. The van der Waals surface area contributed by atoms with E-state index in [-0.39, 0.29) is 35.9 Å². The van der Waals surface area contributed by atoms with Gasteiger partial charge in [0.05, 0.1) is 12.5 Å². The van der Waals surface area contributed by atoms with Crippen LogP contribution < -0.4 is 0 Å². The molecule has 0 bridgehead atoms. The molecule has 2 aromatic rings. The van der Waals surface area contributed by atoms with Gasteiger partial charge in [0.1, 0.15) is 5.78 Å². The highest BCUT2D eigenvalue weighted by Crippen LogP contribution is 2.27. The Bertz CT molecular complexity index is 761. The Kier molecular flexibility index (Phi) is 6.35. The van der Waals surface area contributed by atoms with Crippen molar-refractivity contribution in [3.05, 3.63) is 47.5 Å². The molecule has 0 radical (unpaired) electrons. The molecule has 134 valence electrons. The van der Waals surface area contributed by atoms with Crippen LogP contribution in [0.5, 0.6) is 0 Å². The monoisotopic (exact) mass is 340 g/mol. The maximum Gasteiger partial charge on any atom is 0.309 e. The van der Waals surface area contributed by atoms with Crippen molar-refractivity contribution in [2.24, 2.45) is 11.8 Å². The van der Waals surface area contributed by atoms with Crippen molar-refractivity contribution in [2.45, 2.75) is 47.0 Å². The highest BCUT2D eigenvalue weighted by atomic mass is 16.5. The summed E-state index contributed by atoms with van der Waals surface area (Å²) in [7, 11) is 0. The maximum atomic E-state index is 12.7. The molecule has 2 atom stereocenters. The van der Waals surface area contributed by atoms with Crippen molar-refractivity contribution < 1.29 is 14.3 Å². The average Bonchev–Trinajstić information content (AvgIpc) is 2.58. The first-order chi connectivity index (χ1) is 11.8. The van der Waals surface area contributed by atoms with E-state index in [1.807, 2.05) is 26.8 Å². The Morgan fingerprint density at radius 3 is 2.28 bits per heavy atom. The number of rotatable bonds is 7. The lowest BCUT2D eigenvalue weighted by Crippen LogP contribution is -2.27. The Morgan fingerprint density at radius 1 is 1.00 bits per heavy atom. The van der Waals surface area contributed by atoms with Gasteiger partial charge in [0.2, 0.25) is 0 Å². The zero-order chi connectivity index (χ0) is 18.6. The minimum absolute atomic E-state index is 0.0785. The molecule has 0 aliphatic heterocycles. The maximum absolute atomic E-state index is 12.7. The fraction of sp³-hybridized carbons (Fsp3) is 0.455. The molecule has 0 N–H and O–H groups in total. The molecule has 3 heteroatoms. The highest BCUT2D eigenvalue weighted by Gasteiger charge is 2.28. The van der Waals surface area contributed by atoms with Crippen molar-refractivity contribution in [3.8, 4) is 0 Å². The number of esters is 1. The number of Topliss-reactive ketones (excluding diaryl/α,β-unsaturated/α-hetero) is 1. The van der Waals surface area contributed by atoms with Crippen LogP contribution in [0.15, 0.2) is 36.4 Å². The van der Waals surface area contributed by atoms with Crippen LogP contribution in [0.4, 0.5) is 0 Å². The summed E-state index contributed by atoms with van der Waals surface area (Å²) < 4.78 is 5.13. The van der Waals surface area contributed by atoms with Gasteiger partial charge in [0.25, 0.3) is 0 Å². The number of carbonyl (C=O) groups excluding carboxylic acids is 2. The van der Waals surface area contributed by atoms with Crippen molar-refractivity contribution >= 4 is 22.5 Å². The fourth-order valence-corrected chi connectivity index (χ4v) is 3.07. The standard InChI is InChI=1S/C22H28O3/c1-6-25-22(24)20(14(2)3)13-21(23)16(5)17-9-10-18-11-15(4)7-8-19(18)12-17/h7-12,14,16,20H,6,13H2,1-5H3/t16-,20-/m0/s1. The average molecular weight is 340 g/mol. The number of fused-ring (bicyclic) bond motifs is 1. The lowest BCUT2D eigenvalue weighted by atomic mass is 9.85. The molecule has 0 unspecified atom stereocenters. The number of aryl methyl sites for hydroxylation is 1. The number of ketones is 1. The van der Waals surface area contributed by atoms with Gasteiger partial charge in [-0.15, -0.1) is 0 Å². The first kappa shape index (κ1) is 19.2. The van der Waals surface area contributed by atoms with E-state index in [0.29, 0.717) is 6.61 Å². The lowest BCUT2D eigenvalue weighted by molar-refractivity contribution is -0.151. The second kappa shape index (κ2) is 8.28. The van der Waals surface area contributed by atoms with Gasteiger partial charge in [-0.3, -0.25) is 9.59 Å². The molecule has 2 rings (SSSR count). The van der Waals surface area contributed by atoms with Crippen LogP contribution in [-0.4, -0.2) is 18.4 Å². The summed E-state index contributed by atoms with van der Waals surface area (Å²) in [5, 5.41) is 2.31. The van der Waals surface area contributed by atoms with E-state index in [1.54, 1.807) is 6.92 Å². The van der Waals surface area contributed by atoms with E-state index < -0.39 is 0 Å². The van der Waals surface area contributed by atoms with Gasteiger partial charge in [-0.2, -0.15) is 0 Å². The molecule has 0 aromatic heterocycles. The molecule has 0 spiro atoms. The first-order valence-corrected chi connectivity index (χ1v) is 9.03. The summed E-state index contributed by atoms with van der Waals surface area (Å²) in [6.45, 7) is 10.0. The van der Waals surface area contributed by atoms with Crippen molar-refractivity contribution in [1.82, 2.24) is 0 Å². The van der Waals surface area contributed by atoms with E-state index in [4.69, 9.17) is 4.74 Å². The molecule has 0 amide bonds. The molecule has 0 fully saturated rings. The van der Waals surface area contributed by atoms with Gasteiger partial charge in [-0.1, -0.05) is 62.7 Å². The Morgan fingerprint density at radius 2 is 1.64 bits per heavy atom. The van der Waals surface area contributed by atoms with Gasteiger partial charge in [0, 0.05) is 12.3 Å². The summed E-state index contributed by atoms with van der Waals surface area (Å²) in [4.78, 5) is 24.9. The molecule has 0 aliphatic carbocycles. The summed E-state index contributed by atoms with van der Waals surface area (Å²) in [6, 6.07) is 12.5. The second-order valence-corrected chi connectivity index (χ2v) is 7.10. The van der Waals surface area contributed by atoms with E-state index in [9.17, 15) is 9.59 Å². The molecular formula is C22H28O3. The molecule has 0 saturated carbocycles. The first-order valence-electron chi connectivity index (χ1n) is 9.03. The van der Waals surface area contributed by atoms with Crippen LogP contribution in [0.3, 0.4) is 0 Å². The van der Waals surface area contributed by atoms with Gasteiger partial charge in [-0.25, -0.2) is 0 Å². The molecule has 25 heavy (non-hydrogen) atoms. The van der Waals surface area contributed by atoms with Crippen LogP contribution in [0.2, 0.25) is 0 Å². The van der Waals surface area contributed by atoms with Crippen molar-refractivity contribution in [3.63, 3.8) is 0 Å². The van der Waals surface area contributed by atoms with Gasteiger partial charge in [0.15, 0.2) is 0 Å². The second-order valence-electron chi connectivity index (χ2n) is 7.10. The zero-order valence-electron chi connectivity index (χ0n) is 15.8. The van der Waals surface area contributed by atoms with Crippen LogP contribution in [0, 0.1) is 18.8 Å². The quantitative estimate of drug-likeness (QED) is 0.663. The third kappa shape index (κ3) is 4.68. The zero-order valence-corrected chi connectivity index (χ0v) is 15.8. The third-order valence-electron chi connectivity index (χ3n) is 4.82. The number of benzene rings is 2. The summed E-state index contributed by atoms with van der Waals surface area (Å²) in [6.07, 6.45) is 0.226. The minimum atomic E-state index is -0.377. The van der Waals surface area contributed by atoms with E-state index in [1.165, 1.54) is 10.9 Å². The predicted octanol–water partition coefficient (Wildman–Crippen LogP) is 5.05. The van der Waals surface area contributed by atoms with Crippen molar-refractivity contribution in [2.75, 3.05) is 6.61 Å². The largest absolute Gasteiger partial charge is 0.466 e. The normalized spacial score (nSPS) is 13.7. The molecule has 0 aliphatic rings. The van der Waals surface area contributed by atoms with E-state index in [0.717, 1.165) is 10.9 Å². The Hall–Kier alpha value is -2.16. The number of hydrogen-bond acceptors (Lipinski definition) is 3. The summed E-state index contributed by atoms with van der Waals surface area (Å²) in [5.41, 5.74) is 2.21. The topological polar surface area (TPSA) is 43.4 Å². The molecular weight excluding hydrogens is 312 g/mol. The van der Waals surface area contributed by atoms with Gasteiger partial charge >= 0.3 is 5.97 Å². The van der Waals surface area contributed by atoms with E-state index >= 15 is 0 Å². The van der Waals surface area contributed by atoms with Crippen molar-refractivity contribution in [1.29, 1.82) is 0 Å². The third-order valence-corrected chi connectivity index (χ3v) is 4.82. The highest BCUT2D eigenvalue weighted by molar-refractivity contribution is 5.91. The Labute approximate surface area is 150 Å². The number of ether oxygens (including phenoxy) is 1. The predicted molar refractivity (Wildman–Crippen MR) is 102 cm³/mol. The molecule has 2 aromatic carbocycles. The number of hydrogen-bond donors (Lipinski definition) is 0. The van der Waals surface area contributed by atoms with E-state index in [2.05, 4.69) is 37.3 Å². The van der Waals surface area contributed by atoms with Crippen LogP contribution >= 0.6 is 0 Å². The van der Waals surface area contributed by atoms with Crippen LogP contribution in [0.25, 0.3) is 10.8 Å². The molecule has 3 nitrogen and oxygen atoms in total. The van der Waals surface area contributed by atoms with Crippen LogP contribution in [-0.2, 0) is 14.3 Å².